The topological polar surface area (TPSA) is 57.7 Å². The maximum atomic E-state index is 6.03. The zero-order chi connectivity index (χ0) is 12.8. The van der Waals surface area contributed by atoms with Crippen molar-refractivity contribution in [3.8, 4) is 0 Å². The first kappa shape index (κ1) is 11.5. The first-order valence-corrected chi connectivity index (χ1v) is 7.29. The lowest BCUT2D eigenvalue weighted by Crippen LogP contribution is -2.29. The van der Waals surface area contributed by atoms with Crippen LogP contribution in [0.15, 0.2) is 6.33 Å². The highest BCUT2D eigenvalue weighted by Gasteiger charge is 2.31. The Morgan fingerprint density at radius 1 is 1.16 bits per heavy atom. The molecule has 0 unspecified atom stereocenters. The van der Waals surface area contributed by atoms with Gasteiger partial charge in [0.25, 0.3) is 0 Å². The molecule has 4 rings (SSSR count). The summed E-state index contributed by atoms with van der Waals surface area (Å²) in [5.41, 5.74) is 1.57. The minimum Gasteiger partial charge on any atom is -0.354 e. The Morgan fingerprint density at radius 2 is 1.84 bits per heavy atom. The van der Waals surface area contributed by atoms with Crippen LogP contribution in [0.2, 0.25) is 5.28 Å². The van der Waals surface area contributed by atoms with Crippen LogP contribution in [0, 0.1) is 11.8 Å². The summed E-state index contributed by atoms with van der Waals surface area (Å²) in [6.45, 7) is 2.16. The minimum absolute atomic E-state index is 0.284. The number of aromatic amines is 1. The maximum absolute atomic E-state index is 6.03. The normalized spacial score (nSPS) is 19.0. The number of halogens is 1. The van der Waals surface area contributed by atoms with Crippen LogP contribution in [-0.4, -0.2) is 33.0 Å². The molecule has 2 aliphatic rings. The molecule has 2 aromatic rings. The molecule has 0 spiro atoms. The largest absolute Gasteiger partial charge is 0.354 e. The van der Waals surface area contributed by atoms with Gasteiger partial charge in [0.05, 0.1) is 6.33 Å². The van der Waals surface area contributed by atoms with E-state index in [2.05, 4.69) is 24.8 Å². The van der Waals surface area contributed by atoms with Crippen molar-refractivity contribution < 1.29 is 0 Å². The van der Waals surface area contributed by atoms with Crippen LogP contribution in [0.5, 0.6) is 0 Å². The molecule has 0 aromatic carbocycles. The average Bonchev–Trinajstić information content (AvgIpc) is 3.30. The highest BCUT2D eigenvalue weighted by atomic mass is 35.5. The van der Waals surface area contributed by atoms with Gasteiger partial charge in [-0.15, -0.1) is 0 Å². The molecular weight excluding hydrogens is 262 g/mol. The van der Waals surface area contributed by atoms with Gasteiger partial charge in [-0.2, -0.15) is 9.97 Å². The van der Waals surface area contributed by atoms with Crippen LogP contribution in [0.1, 0.15) is 25.7 Å². The van der Waals surface area contributed by atoms with Crippen molar-refractivity contribution in [3.63, 3.8) is 0 Å². The third kappa shape index (κ3) is 2.39. The molecule has 100 valence electrons. The van der Waals surface area contributed by atoms with E-state index in [1.54, 1.807) is 6.33 Å². The van der Waals surface area contributed by atoms with Gasteiger partial charge in [-0.1, -0.05) is 0 Å². The van der Waals surface area contributed by atoms with E-state index in [1.807, 2.05) is 0 Å². The lowest BCUT2D eigenvalue weighted by molar-refractivity contribution is 0.673. The third-order valence-electron chi connectivity index (χ3n) is 3.89. The summed E-state index contributed by atoms with van der Waals surface area (Å²) in [6.07, 6.45) is 7.02. The molecule has 2 saturated carbocycles. The van der Waals surface area contributed by atoms with E-state index in [-0.39, 0.29) is 5.28 Å². The molecule has 1 N–H and O–H groups in total. The first-order valence-electron chi connectivity index (χ1n) is 6.91. The molecule has 19 heavy (non-hydrogen) atoms. The fraction of sp³-hybridized carbons (Fsp3) is 0.615. The van der Waals surface area contributed by atoms with E-state index in [9.17, 15) is 0 Å². The number of hydrogen-bond acceptors (Lipinski definition) is 4. The van der Waals surface area contributed by atoms with E-state index in [0.29, 0.717) is 5.65 Å². The van der Waals surface area contributed by atoms with Crippen LogP contribution in [0.4, 0.5) is 5.82 Å². The Bertz CT molecular complexity index is 588. The predicted molar refractivity (Wildman–Crippen MR) is 74.4 cm³/mol. The van der Waals surface area contributed by atoms with Gasteiger partial charge in [0.15, 0.2) is 11.5 Å². The first-order chi connectivity index (χ1) is 9.29. The number of nitrogens with one attached hydrogen (secondary N) is 1. The Labute approximate surface area is 116 Å². The van der Waals surface area contributed by atoms with Gasteiger partial charge in [0.1, 0.15) is 5.52 Å². The SMILES string of the molecule is Clc1nc(N(CC2CC2)CC2CC2)c2[nH]cnc2n1. The van der Waals surface area contributed by atoms with Gasteiger partial charge >= 0.3 is 0 Å². The number of anilines is 1. The highest BCUT2D eigenvalue weighted by molar-refractivity contribution is 6.28. The van der Waals surface area contributed by atoms with Gasteiger partial charge in [0, 0.05) is 13.1 Å². The second-order valence-corrected chi connectivity index (χ2v) is 6.05. The van der Waals surface area contributed by atoms with E-state index < -0.39 is 0 Å². The fourth-order valence-electron chi connectivity index (χ4n) is 2.49. The average molecular weight is 278 g/mol. The number of aromatic nitrogens is 4. The van der Waals surface area contributed by atoms with E-state index in [4.69, 9.17) is 11.6 Å². The molecular formula is C13H16ClN5. The van der Waals surface area contributed by atoms with E-state index in [1.165, 1.54) is 25.7 Å². The Hall–Kier alpha value is -1.36. The molecule has 0 amide bonds. The molecule has 2 aliphatic carbocycles. The van der Waals surface area contributed by atoms with Crippen LogP contribution < -0.4 is 4.90 Å². The quantitative estimate of drug-likeness (QED) is 0.854. The van der Waals surface area contributed by atoms with Crippen LogP contribution in [0.3, 0.4) is 0 Å². The van der Waals surface area contributed by atoms with Gasteiger partial charge < -0.3 is 9.88 Å². The summed E-state index contributed by atoms with van der Waals surface area (Å²) < 4.78 is 0. The van der Waals surface area contributed by atoms with Crippen LogP contribution >= 0.6 is 11.6 Å². The molecule has 0 atom stereocenters. The van der Waals surface area contributed by atoms with Crippen molar-refractivity contribution in [2.24, 2.45) is 11.8 Å². The maximum Gasteiger partial charge on any atom is 0.226 e. The molecule has 2 fully saturated rings. The summed E-state index contributed by atoms with van der Waals surface area (Å²) >= 11 is 6.03. The molecule has 6 heteroatoms. The second-order valence-electron chi connectivity index (χ2n) is 5.71. The predicted octanol–water partition coefficient (Wildman–Crippen LogP) is 2.63. The summed E-state index contributed by atoms with van der Waals surface area (Å²) in [5, 5.41) is 0.284. The third-order valence-corrected chi connectivity index (χ3v) is 4.06. The van der Waals surface area contributed by atoms with Crippen molar-refractivity contribution in [1.82, 2.24) is 19.9 Å². The van der Waals surface area contributed by atoms with Gasteiger partial charge in [-0.05, 0) is 49.1 Å². The van der Waals surface area contributed by atoms with Crippen molar-refractivity contribution in [1.29, 1.82) is 0 Å². The van der Waals surface area contributed by atoms with E-state index in [0.717, 1.165) is 36.3 Å². The highest BCUT2D eigenvalue weighted by Crippen LogP contribution is 2.36. The number of hydrogen-bond donors (Lipinski definition) is 1. The molecule has 0 bridgehead atoms. The molecule has 2 heterocycles. The number of imidazole rings is 1. The molecule has 0 aliphatic heterocycles. The smallest absolute Gasteiger partial charge is 0.226 e. The summed E-state index contributed by atoms with van der Waals surface area (Å²) in [6, 6.07) is 0. The Kier molecular flexibility index (Phi) is 2.62. The van der Waals surface area contributed by atoms with E-state index >= 15 is 0 Å². The lowest BCUT2D eigenvalue weighted by Gasteiger charge is -2.24. The zero-order valence-corrected chi connectivity index (χ0v) is 11.4. The number of nitrogens with zero attached hydrogens (tertiary/aromatic N) is 4. The molecule has 2 aromatic heterocycles. The number of H-pyrrole nitrogens is 1. The second kappa shape index (κ2) is 4.34. The number of fused-ring (bicyclic) bond motifs is 1. The van der Waals surface area contributed by atoms with Crippen molar-refractivity contribution in [2.45, 2.75) is 25.7 Å². The van der Waals surface area contributed by atoms with Crippen LogP contribution in [-0.2, 0) is 0 Å². The summed E-state index contributed by atoms with van der Waals surface area (Å²) in [4.78, 5) is 18.3. The lowest BCUT2D eigenvalue weighted by atomic mass is 10.3. The van der Waals surface area contributed by atoms with Crippen LogP contribution in [0.25, 0.3) is 11.2 Å². The summed E-state index contributed by atoms with van der Waals surface area (Å²) in [5.74, 6) is 2.57. The molecule has 5 nitrogen and oxygen atoms in total. The Balaban J connectivity index is 1.72. The van der Waals surface area contributed by atoms with Gasteiger partial charge in [0.2, 0.25) is 5.28 Å². The van der Waals surface area contributed by atoms with Gasteiger partial charge in [-0.3, -0.25) is 0 Å². The van der Waals surface area contributed by atoms with Crippen molar-refractivity contribution in [3.05, 3.63) is 11.6 Å². The Morgan fingerprint density at radius 3 is 2.47 bits per heavy atom. The minimum atomic E-state index is 0.284. The fourth-order valence-corrected chi connectivity index (χ4v) is 2.65. The van der Waals surface area contributed by atoms with Crippen molar-refractivity contribution >= 4 is 28.6 Å². The summed E-state index contributed by atoms with van der Waals surface area (Å²) in [7, 11) is 0. The molecule has 0 radical (unpaired) electrons. The van der Waals surface area contributed by atoms with Gasteiger partial charge in [-0.25, -0.2) is 4.98 Å². The molecule has 0 saturated heterocycles. The zero-order valence-electron chi connectivity index (χ0n) is 10.6. The number of rotatable bonds is 5. The van der Waals surface area contributed by atoms with Crippen molar-refractivity contribution in [2.75, 3.05) is 18.0 Å². The monoisotopic (exact) mass is 277 g/mol. The standard InChI is InChI=1S/C13H16ClN5/c14-13-17-11-10(15-7-16-11)12(18-13)19(5-8-1-2-8)6-9-3-4-9/h7-9H,1-6H2,(H,15,16,17,18).